The lowest BCUT2D eigenvalue weighted by Crippen LogP contribution is -2.21. The predicted molar refractivity (Wildman–Crippen MR) is 100 cm³/mol. The van der Waals surface area contributed by atoms with Crippen molar-refractivity contribution in [2.24, 2.45) is 0 Å². The van der Waals surface area contributed by atoms with E-state index >= 15 is 0 Å². The molecule has 140 valence electrons. The van der Waals surface area contributed by atoms with Crippen molar-refractivity contribution in [3.8, 4) is 0 Å². The number of carbonyl (C=O) groups is 3. The van der Waals surface area contributed by atoms with E-state index in [2.05, 4.69) is 5.32 Å². The largest absolute Gasteiger partial charge is 0.460 e. The number of amides is 1. The Labute approximate surface area is 158 Å². The van der Waals surface area contributed by atoms with Crippen LogP contribution in [0.3, 0.4) is 0 Å². The summed E-state index contributed by atoms with van der Waals surface area (Å²) < 4.78 is 15.5. The van der Waals surface area contributed by atoms with Gasteiger partial charge in [-0.3, -0.25) is 4.79 Å². The highest BCUT2D eigenvalue weighted by atomic mass is 32.1. The summed E-state index contributed by atoms with van der Waals surface area (Å²) in [6.07, 6.45) is 0. The summed E-state index contributed by atoms with van der Waals surface area (Å²) in [7, 11) is 0. The van der Waals surface area contributed by atoms with Crippen molar-refractivity contribution in [1.29, 1.82) is 0 Å². The normalized spacial score (nSPS) is 10.6. The lowest BCUT2D eigenvalue weighted by molar-refractivity contribution is -0.119. The average Bonchev–Trinajstić information content (AvgIpc) is 3.24. The van der Waals surface area contributed by atoms with E-state index in [1.165, 1.54) is 11.3 Å². The molecule has 0 aliphatic rings. The van der Waals surface area contributed by atoms with Gasteiger partial charge >= 0.3 is 11.9 Å². The molecule has 0 aliphatic carbocycles. The van der Waals surface area contributed by atoms with Crippen molar-refractivity contribution >= 4 is 45.8 Å². The molecule has 0 saturated carbocycles. The van der Waals surface area contributed by atoms with E-state index in [0.717, 1.165) is 4.88 Å². The number of thiophene rings is 1. The first-order valence-electron chi connectivity index (χ1n) is 8.21. The summed E-state index contributed by atoms with van der Waals surface area (Å²) in [6, 6.07) is 10.3. The van der Waals surface area contributed by atoms with Gasteiger partial charge in [0.15, 0.2) is 6.61 Å². The van der Waals surface area contributed by atoms with E-state index in [4.69, 9.17) is 13.9 Å². The van der Waals surface area contributed by atoms with E-state index in [1.807, 2.05) is 6.92 Å². The molecule has 0 bridgehead atoms. The third-order valence-electron chi connectivity index (χ3n) is 3.60. The summed E-state index contributed by atoms with van der Waals surface area (Å²) >= 11 is 1.28. The Morgan fingerprint density at radius 1 is 1.07 bits per heavy atom. The third kappa shape index (κ3) is 4.17. The molecule has 0 aliphatic heterocycles. The topological polar surface area (TPSA) is 94.8 Å². The van der Waals surface area contributed by atoms with Gasteiger partial charge in [-0.25, -0.2) is 9.59 Å². The standard InChI is InChI=1S/C19H17NO6S/c1-3-24-19(23)17-16(12-6-4-5-7-13(12)26-17)20-15(21)10-25-18(22)14-9-8-11(2)27-14/h4-9H,3,10H2,1-2H3,(H,20,21). The van der Waals surface area contributed by atoms with Gasteiger partial charge in [0, 0.05) is 10.3 Å². The van der Waals surface area contributed by atoms with Crippen LogP contribution in [0.25, 0.3) is 11.0 Å². The number of hydrogen-bond donors (Lipinski definition) is 1. The van der Waals surface area contributed by atoms with Crippen LogP contribution >= 0.6 is 11.3 Å². The number of hydrogen-bond acceptors (Lipinski definition) is 7. The van der Waals surface area contributed by atoms with Crippen LogP contribution in [0.1, 0.15) is 32.0 Å². The van der Waals surface area contributed by atoms with Crippen LogP contribution in [-0.2, 0) is 14.3 Å². The second-order valence-corrected chi connectivity index (χ2v) is 6.85. The molecule has 27 heavy (non-hydrogen) atoms. The molecule has 0 fully saturated rings. The average molecular weight is 387 g/mol. The Kier molecular flexibility index (Phi) is 5.56. The van der Waals surface area contributed by atoms with Crippen molar-refractivity contribution < 1.29 is 28.3 Å². The molecule has 7 nitrogen and oxygen atoms in total. The van der Waals surface area contributed by atoms with E-state index < -0.39 is 24.5 Å². The Bertz CT molecular complexity index is 1000. The molecular weight excluding hydrogens is 370 g/mol. The van der Waals surface area contributed by atoms with Crippen LogP contribution in [0.4, 0.5) is 5.69 Å². The second kappa shape index (κ2) is 8.05. The quantitative estimate of drug-likeness (QED) is 0.647. The minimum absolute atomic E-state index is 0.105. The van der Waals surface area contributed by atoms with Crippen LogP contribution < -0.4 is 5.32 Å². The van der Waals surface area contributed by atoms with E-state index in [9.17, 15) is 14.4 Å². The van der Waals surface area contributed by atoms with Crippen molar-refractivity contribution in [2.75, 3.05) is 18.5 Å². The fraction of sp³-hybridized carbons (Fsp3) is 0.211. The maximum Gasteiger partial charge on any atom is 0.376 e. The van der Waals surface area contributed by atoms with E-state index in [0.29, 0.717) is 15.8 Å². The fourth-order valence-corrected chi connectivity index (χ4v) is 3.19. The molecule has 1 aromatic carbocycles. The zero-order chi connectivity index (χ0) is 19.4. The highest BCUT2D eigenvalue weighted by Crippen LogP contribution is 2.31. The van der Waals surface area contributed by atoms with Crippen molar-refractivity contribution in [2.45, 2.75) is 13.8 Å². The molecule has 0 unspecified atom stereocenters. The van der Waals surface area contributed by atoms with Gasteiger partial charge in [0.25, 0.3) is 5.91 Å². The molecule has 1 amide bonds. The first-order valence-corrected chi connectivity index (χ1v) is 9.03. The third-order valence-corrected chi connectivity index (χ3v) is 4.58. The Balaban J connectivity index is 1.74. The molecule has 8 heteroatoms. The molecule has 0 radical (unpaired) electrons. The predicted octanol–water partition coefficient (Wildman–Crippen LogP) is 3.77. The smallest absolute Gasteiger partial charge is 0.376 e. The first-order chi connectivity index (χ1) is 13.0. The number of benzene rings is 1. The highest BCUT2D eigenvalue weighted by Gasteiger charge is 2.23. The van der Waals surface area contributed by atoms with Gasteiger partial charge in [0.2, 0.25) is 5.76 Å². The lowest BCUT2D eigenvalue weighted by atomic mass is 10.2. The number of furan rings is 1. The van der Waals surface area contributed by atoms with Crippen LogP contribution in [0, 0.1) is 6.92 Å². The SMILES string of the molecule is CCOC(=O)c1oc2ccccc2c1NC(=O)COC(=O)c1ccc(C)s1. The Morgan fingerprint density at radius 3 is 2.56 bits per heavy atom. The number of carbonyl (C=O) groups excluding carboxylic acids is 3. The molecule has 2 aromatic heterocycles. The maximum absolute atomic E-state index is 12.2. The molecule has 0 atom stereocenters. The minimum atomic E-state index is -0.685. The molecule has 0 spiro atoms. The summed E-state index contributed by atoms with van der Waals surface area (Å²) in [5.74, 6) is -1.96. The van der Waals surface area contributed by atoms with Crippen LogP contribution in [0.5, 0.6) is 0 Å². The number of rotatable bonds is 6. The van der Waals surface area contributed by atoms with Crippen molar-refractivity contribution in [1.82, 2.24) is 0 Å². The van der Waals surface area contributed by atoms with Gasteiger partial charge in [0.05, 0.1) is 6.61 Å². The fourth-order valence-electron chi connectivity index (χ4n) is 2.43. The van der Waals surface area contributed by atoms with Gasteiger partial charge < -0.3 is 19.2 Å². The highest BCUT2D eigenvalue weighted by molar-refractivity contribution is 7.13. The van der Waals surface area contributed by atoms with Crippen molar-refractivity contribution in [3.63, 3.8) is 0 Å². The monoisotopic (exact) mass is 387 g/mol. The molecule has 1 N–H and O–H groups in total. The number of para-hydroxylation sites is 1. The number of esters is 2. The summed E-state index contributed by atoms with van der Waals surface area (Å²) in [4.78, 5) is 37.7. The minimum Gasteiger partial charge on any atom is -0.460 e. The second-order valence-electron chi connectivity index (χ2n) is 5.56. The number of aryl methyl sites for hydroxylation is 1. The van der Waals surface area contributed by atoms with Crippen LogP contribution in [-0.4, -0.2) is 31.1 Å². The lowest BCUT2D eigenvalue weighted by Gasteiger charge is -2.06. The van der Waals surface area contributed by atoms with E-state index in [-0.39, 0.29) is 18.1 Å². The number of ether oxygens (including phenoxy) is 2. The van der Waals surface area contributed by atoms with Crippen molar-refractivity contribution in [3.05, 3.63) is 51.9 Å². The molecule has 2 heterocycles. The Morgan fingerprint density at radius 2 is 1.85 bits per heavy atom. The zero-order valence-corrected chi connectivity index (χ0v) is 15.6. The molecule has 3 aromatic rings. The van der Waals surface area contributed by atoms with Gasteiger partial charge in [0.1, 0.15) is 16.1 Å². The van der Waals surface area contributed by atoms with Crippen LogP contribution in [0.2, 0.25) is 0 Å². The summed E-state index contributed by atoms with van der Waals surface area (Å²) in [5, 5.41) is 3.13. The molecule has 0 saturated heterocycles. The Hall–Kier alpha value is -3.13. The molecule has 3 rings (SSSR count). The number of nitrogens with one attached hydrogen (secondary N) is 1. The number of fused-ring (bicyclic) bond motifs is 1. The van der Waals surface area contributed by atoms with Gasteiger partial charge in [-0.1, -0.05) is 12.1 Å². The van der Waals surface area contributed by atoms with E-state index in [1.54, 1.807) is 43.3 Å². The summed E-state index contributed by atoms with van der Waals surface area (Å²) in [6.45, 7) is 3.22. The maximum atomic E-state index is 12.2. The van der Waals surface area contributed by atoms with Gasteiger partial charge in [-0.05, 0) is 38.1 Å². The number of anilines is 1. The first kappa shape index (κ1) is 18.7. The van der Waals surface area contributed by atoms with Crippen LogP contribution in [0.15, 0.2) is 40.8 Å². The zero-order valence-electron chi connectivity index (χ0n) is 14.7. The van der Waals surface area contributed by atoms with Gasteiger partial charge in [-0.2, -0.15) is 0 Å². The molecular formula is C19H17NO6S. The van der Waals surface area contributed by atoms with Gasteiger partial charge in [-0.15, -0.1) is 11.3 Å². The summed E-state index contributed by atoms with van der Waals surface area (Å²) in [5.41, 5.74) is 0.624.